The molecule has 0 spiro atoms. The van der Waals surface area contributed by atoms with E-state index in [4.69, 9.17) is 0 Å². The summed E-state index contributed by atoms with van der Waals surface area (Å²) in [5, 5.41) is 1.29. The first-order chi connectivity index (χ1) is 15.6. The molecule has 0 N–H and O–H groups in total. The summed E-state index contributed by atoms with van der Waals surface area (Å²) >= 11 is 0. The molecule has 2 heterocycles. The number of pyridine rings is 1. The maximum atomic E-state index is 2.55. The number of benzene rings is 4. The lowest BCUT2D eigenvalue weighted by molar-refractivity contribution is -0.498. The van der Waals surface area contributed by atoms with Gasteiger partial charge in [-0.3, -0.25) is 0 Å². The molecule has 0 saturated heterocycles. The van der Waals surface area contributed by atoms with E-state index in [9.17, 15) is 0 Å². The van der Waals surface area contributed by atoms with Crippen molar-refractivity contribution in [2.75, 3.05) is 4.90 Å². The van der Waals surface area contributed by atoms with Crippen LogP contribution in [0.5, 0.6) is 0 Å². The monoisotopic (exact) mass is 412 g/mol. The van der Waals surface area contributed by atoms with Crippen molar-refractivity contribution < 1.29 is 4.48 Å². The van der Waals surface area contributed by atoms with Gasteiger partial charge in [-0.1, -0.05) is 54.6 Å². The van der Waals surface area contributed by atoms with Crippen LogP contribution in [0.4, 0.5) is 17.1 Å². The highest BCUT2D eigenvalue weighted by Gasteiger charge is 2.40. The highest BCUT2D eigenvalue weighted by atomic mass is 15.1. The SMILES string of the molecule is C[B-]1(C)c2cc(N(c3ccccc3)c3ccccc3)ccc2-c2ccc3ccccc3[n+]21. The van der Waals surface area contributed by atoms with Crippen molar-refractivity contribution in [3.8, 4) is 11.3 Å². The Labute approximate surface area is 189 Å². The average molecular weight is 412 g/mol. The van der Waals surface area contributed by atoms with E-state index in [-0.39, 0.29) is 0 Å². The molecule has 0 unspecified atom stereocenters. The standard InChI is InChI=1S/C29H25BN2/c1-30(2)27-21-25(31(23-12-5-3-6-13-23)24-14-7-4-8-15-24)18-19-26(27)29-20-17-22-11-9-10-16-28(22)32(29)30/h3-21H,1-2H3. The third-order valence-electron chi connectivity index (χ3n) is 6.88. The fraction of sp³-hybridized carbons (Fsp3) is 0.0690. The molecular weight excluding hydrogens is 387 g/mol. The lowest BCUT2D eigenvalue weighted by atomic mass is 9.35. The van der Waals surface area contributed by atoms with Crippen LogP contribution < -0.4 is 14.8 Å². The lowest BCUT2D eigenvalue weighted by Crippen LogP contribution is -2.64. The molecule has 154 valence electrons. The molecule has 0 saturated carbocycles. The predicted octanol–water partition coefficient (Wildman–Crippen LogP) is 6.54. The molecule has 0 fully saturated rings. The number of aromatic nitrogens is 1. The summed E-state index contributed by atoms with van der Waals surface area (Å²) in [5.41, 5.74) is 8.88. The van der Waals surface area contributed by atoms with Gasteiger partial charge in [0, 0.05) is 40.1 Å². The maximum absolute atomic E-state index is 2.55. The second kappa shape index (κ2) is 7.10. The Kier molecular flexibility index (Phi) is 4.19. The Bertz CT molecular complexity index is 1400. The van der Waals surface area contributed by atoms with Crippen LogP contribution in [0.2, 0.25) is 13.6 Å². The first kappa shape index (κ1) is 18.9. The second-order valence-electron chi connectivity index (χ2n) is 9.23. The van der Waals surface area contributed by atoms with E-state index < -0.39 is 6.28 Å². The molecular formula is C29H25BN2. The molecule has 0 atom stereocenters. The third kappa shape index (κ3) is 2.78. The molecule has 4 aromatic carbocycles. The summed E-state index contributed by atoms with van der Waals surface area (Å²) < 4.78 is 2.55. The zero-order chi connectivity index (χ0) is 21.7. The van der Waals surface area contributed by atoms with Gasteiger partial charge in [-0.2, -0.15) is 0 Å². The van der Waals surface area contributed by atoms with Gasteiger partial charge in [0.1, 0.15) is 0 Å². The lowest BCUT2D eigenvalue weighted by Gasteiger charge is -2.28. The van der Waals surface area contributed by atoms with Crippen molar-refractivity contribution in [3.63, 3.8) is 0 Å². The number of hydrogen-bond acceptors (Lipinski definition) is 1. The smallest absolute Gasteiger partial charge is 0.301 e. The van der Waals surface area contributed by atoms with Crippen LogP contribution >= 0.6 is 0 Å². The zero-order valence-electron chi connectivity index (χ0n) is 18.4. The molecule has 0 bridgehead atoms. The van der Waals surface area contributed by atoms with Crippen LogP contribution in [0.25, 0.3) is 22.2 Å². The minimum absolute atomic E-state index is 0.954. The van der Waals surface area contributed by atoms with E-state index in [0.29, 0.717) is 0 Å². The summed E-state index contributed by atoms with van der Waals surface area (Å²) in [6.07, 6.45) is -0.954. The number of anilines is 3. The van der Waals surface area contributed by atoms with E-state index in [1.807, 2.05) is 0 Å². The van der Waals surface area contributed by atoms with Gasteiger partial charge in [-0.05, 0) is 48.5 Å². The Hall–Kier alpha value is -3.85. The van der Waals surface area contributed by atoms with Gasteiger partial charge in [-0.15, -0.1) is 19.1 Å². The van der Waals surface area contributed by atoms with Crippen molar-refractivity contribution in [2.24, 2.45) is 0 Å². The van der Waals surface area contributed by atoms with Crippen LogP contribution in [0.3, 0.4) is 0 Å². The number of rotatable bonds is 3. The van der Waals surface area contributed by atoms with Crippen LogP contribution in [0.1, 0.15) is 0 Å². The van der Waals surface area contributed by atoms with Crippen molar-refractivity contribution in [3.05, 3.63) is 115 Å². The van der Waals surface area contributed by atoms with Crippen LogP contribution in [-0.2, 0) is 0 Å². The number of para-hydroxylation sites is 3. The molecule has 32 heavy (non-hydrogen) atoms. The fourth-order valence-electron chi connectivity index (χ4n) is 5.39. The number of hydrogen-bond donors (Lipinski definition) is 0. The van der Waals surface area contributed by atoms with Gasteiger partial charge in [0.15, 0.2) is 11.2 Å². The van der Waals surface area contributed by atoms with Crippen LogP contribution in [0, 0.1) is 0 Å². The van der Waals surface area contributed by atoms with Gasteiger partial charge in [-0.25, -0.2) is 0 Å². The van der Waals surface area contributed by atoms with Gasteiger partial charge in [0.2, 0.25) is 0 Å². The average Bonchev–Trinajstić information content (AvgIpc) is 3.07. The van der Waals surface area contributed by atoms with Crippen molar-refractivity contribution in [1.29, 1.82) is 0 Å². The van der Waals surface area contributed by atoms with E-state index in [0.717, 1.165) is 11.4 Å². The van der Waals surface area contributed by atoms with E-state index in [1.165, 1.54) is 33.3 Å². The topological polar surface area (TPSA) is 7.12 Å². The minimum atomic E-state index is -0.954. The van der Waals surface area contributed by atoms with Gasteiger partial charge < -0.3 is 9.38 Å². The zero-order valence-corrected chi connectivity index (χ0v) is 18.4. The van der Waals surface area contributed by atoms with Crippen molar-refractivity contribution in [1.82, 2.24) is 0 Å². The normalized spacial score (nSPS) is 13.6. The number of fused-ring (bicyclic) bond motifs is 5. The Morgan fingerprint density at radius 2 is 1.22 bits per heavy atom. The summed E-state index contributed by atoms with van der Waals surface area (Å²) in [7, 11) is 0. The van der Waals surface area contributed by atoms with Crippen molar-refractivity contribution in [2.45, 2.75) is 13.6 Å². The molecule has 0 aliphatic carbocycles. The highest BCUT2D eigenvalue weighted by molar-refractivity contribution is 6.85. The molecule has 1 aliphatic rings. The van der Waals surface area contributed by atoms with Gasteiger partial charge in [0.25, 0.3) is 0 Å². The van der Waals surface area contributed by atoms with E-state index in [2.05, 4.69) is 138 Å². The molecule has 5 aromatic rings. The molecule has 0 radical (unpaired) electrons. The highest BCUT2D eigenvalue weighted by Crippen LogP contribution is 2.36. The Morgan fingerprint density at radius 3 is 1.91 bits per heavy atom. The molecule has 6 rings (SSSR count). The first-order valence-electron chi connectivity index (χ1n) is 11.4. The van der Waals surface area contributed by atoms with Gasteiger partial charge >= 0.3 is 6.28 Å². The Morgan fingerprint density at radius 1 is 0.594 bits per heavy atom. The largest absolute Gasteiger partial charge is 0.410 e. The summed E-state index contributed by atoms with van der Waals surface area (Å²) in [4.78, 5) is 2.35. The Balaban J connectivity index is 1.56. The molecule has 1 aliphatic heterocycles. The number of nitrogens with zero attached hydrogens (tertiary/aromatic N) is 2. The van der Waals surface area contributed by atoms with E-state index in [1.54, 1.807) is 0 Å². The molecule has 1 aromatic heterocycles. The maximum Gasteiger partial charge on any atom is 0.301 e. The molecule has 2 nitrogen and oxygen atoms in total. The second-order valence-corrected chi connectivity index (χ2v) is 9.23. The minimum Gasteiger partial charge on any atom is -0.410 e. The summed E-state index contributed by atoms with van der Waals surface area (Å²) in [6.45, 7) is 4.78. The van der Waals surface area contributed by atoms with Crippen LogP contribution in [-0.4, -0.2) is 6.28 Å². The fourth-order valence-corrected chi connectivity index (χ4v) is 5.39. The quantitative estimate of drug-likeness (QED) is 0.305. The molecule has 3 heteroatoms. The van der Waals surface area contributed by atoms with Crippen molar-refractivity contribution >= 4 is 39.7 Å². The predicted molar refractivity (Wildman–Crippen MR) is 137 cm³/mol. The third-order valence-corrected chi connectivity index (χ3v) is 6.88. The van der Waals surface area contributed by atoms with Gasteiger partial charge in [0.05, 0.1) is 0 Å². The first-order valence-corrected chi connectivity index (χ1v) is 11.4. The van der Waals surface area contributed by atoms with E-state index >= 15 is 0 Å². The molecule has 0 amide bonds. The van der Waals surface area contributed by atoms with Crippen LogP contribution in [0.15, 0.2) is 115 Å². The summed E-state index contributed by atoms with van der Waals surface area (Å²) in [5.74, 6) is 0. The summed E-state index contributed by atoms with van der Waals surface area (Å²) in [6, 6.07) is 41.4.